The van der Waals surface area contributed by atoms with Crippen LogP contribution in [-0.2, 0) is 4.79 Å². The molecule has 0 heterocycles. The second-order valence-electron chi connectivity index (χ2n) is 1.99. The molecule has 0 aromatic carbocycles. The maximum Gasteiger partial charge on any atom is 0.308 e. The van der Waals surface area contributed by atoms with Gasteiger partial charge in [-0.1, -0.05) is 0 Å². The highest BCUT2D eigenvalue weighted by molar-refractivity contribution is 7.80. The molecule has 0 saturated carbocycles. The zero-order chi connectivity index (χ0) is 8.31. The lowest BCUT2D eigenvalue weighted by Crippen LogP contribution is -2.39. The summed E-state index contributed by atoms with van der Waals surface area (Å²) in [7, 11) is 0. The molecule has 0 spiro atoms. The van der Waals surface area contributed by atoms with E-state index in [-0.39, 0.29) is 0 Å². The molecule has 4 nitrogen and oxygen atoms in total. The van der Waals surface area contributed by atoms with Crippen LogP contribution in [0.25, 0.3) is 0 Å². The van der Waals surface area contributed by atoms with Crippen LogP contribution in [0.4, 0.5) is 0 Å². The molecule has 0 saturated heterocycles. The highest BCUT2D eigenvalue weighted by atomic mass is 32.1. The van der Waals surface area contributed by atoms with Crippen LogP contribution >= 0.6 is 12.2 Å². The van der Waals surface area contributed by atoms with Crippen molar-refractivity contribution in [2.45, 2.75) is 13.0 Å². The summed E-state index contributed by atoms with van der Waals surface area (Å²) in [4.78, 5) is 10.2. The monoisotopic (exact) mass is 163 g/mol. The molecule has 1 unspecified atom stereocenters. The lowest BCUT2D eigenvalue weighted by Gasteiger charge is -2.11. The van der Waals surface area contributed by atoms with Gasteiger partial charge in [-0.25, -0.2) is 0 Å². The molecular weight excluding hydrogens is 154 g/mol. The first-order chi connectivity index (χ1) is 4.46. The number of aliphatic hydroxyl groups is 1. The molecule has 5 heteroatoms. The number of aliphatic hydroxyl groups excluding tert-OH is 1. The second-order valence-corrected chi connectivity index (χ2v) is 2.41. The van der Waals surface area contributed by atoms with Crippen LogP contribution in [0.3, 0.4) is 0 Å². The highest BCUT2D eigenvalue weighted by Crippen LogP contribution is 2.00. The minimum atomic E-state index is -1.07. The van der Waals surface area contributed by atoms with Crippen LogP contribution in [0, 0.1) is 5.92 Å². The molecule has 0 rings (SSSR count). The van der Waals surface area contributed by atoms with Crippen molar-refractivity contribution >= 4 is 23.2 Å². The lowest BCUT2D eigenvalue weighted by atomic mass is 10.0. The average Bonchev–Trinajstić information content (AvgIpc) is 1.84. The zero-order valence-electron chi connectivity index (χ0n) is 5.44. The van der Waals surface area contributed by atoms with Gasteiger partial charge in [0.15, 0.2) is 5.05 Å². The summed E-state index contributed by atoms with van der Waals surface area (Å²) in [6.07, 6.45) is 0. The Hall–Kier alpha value is -0.680. The number of aliphatic carboxylic acids is 1. The van der Waals surface area contributed by atoms with Crippen LogP contribution in [0.5, 0.6) is 0 Å². The molecule has 0 fully saturated rings. The van der Waals surface area contributed by atoms with Crippen molar-refractivity contribution in [1.29, 1.82) is 0 Å². The molecule has 0 aliphatic rings. The number of thiocarbonyl (C=S) groups is 1. The van der Waals surface area contributed by atoms with Crippen molar-refractivity contribution in [3.05, 3.63) is 0 Å². The van der Waals surface area contributed by atoms with Gasteiger partial charge in [0.2, 0.25) is 0 Å². The van der Waals surface area contributed by atoms with E-state index in [1.54, 1.807) is 0 Å². The van der Waals surface area contributed by atoms with Gasteiger partial charge in [-0.15, -0.1) is 0 Å². The van der Waals surface area contributed by atoms with Crippen LogP contribution < -0.4 is 5.73 Å². The first-order valence-electron chi connectivity index (χ1n) is 2.68. The predicted octanol–water partition coefficient (Wildman–Crippen LogP) is -0.0802. The number of rotatable bonds is 3. The Morgan fingerprint density at radius 3 is 2.10 bits per heavy atom. The minimum Gasteiger partial charge on any atom is -0.501 e. The molecule has 58 valence electrons. The number of nitrogens with two attached hydrogens (primary N) is 1. The van der Waals surface area contributed by atoms with Crippen LogP contribution in [-0.4, -0.2) is 27.3 Å². The SMILES string of the molecule is CC(C(=O)O)[C@H](N)C(O)=S. The maximum absolute atomic E-state index is 10.2. The molecular formula is C5H9NO3S. The standard InChI is InChI=1S/C5H9NO3S/c1-2(4(7)8)3(6)5(9)10/h2-3H,6H2,1H3,(H,7,8)(H,9,10)/t2?,3-/m0/s1. The van der Waals surface area contributed by atoms with Crippen molar-refractivity contribution in [3.8, 4) is 0 Å². The minimum absolute atomic E-state index is 0.463. The topological polar surface area (TPSA) is 83.5 Å². The van der Waals surface area contributed by atoms with Crippen LogP contribution in [0.1, 0.15) is 6.92 Å². The lowest BCUT2D eigenvalue weighted by molar-refractivity contribution is -0.141. The fourth-order valence-corrected chi connectivity index (χ4v) is 0.572. The molecule has 0 aromatic heterocycles. The molecule has 0 radical (unpaired) electrons. The van der Waals surface area contributed by atoms with Gasteiger partial charge in [0.1, 0.15) is 0 Å². The smallest absolute Gasteiger partial charge is 0.308 e. The van der Waals surface area contributed by atoms with Crippen molar-refractivity contribution in [2.24, 2.45) is 11.7 Å². The van der Waals surface area contributed by atoms with Gasteiger partial charge in [-0.3, -0.25) is 4.79 Å². The first-order valence-corrected chi connectivity index (χ1v) is 3.09. The Morgan fingerprint density at radius 1 is 1.60 bits per heavy atom. The van der Waals surface area contributed by atoms with Crippen molar-refractivity contribution in [1.82, 2.24) is 0 Å². The summed E-state index contributed by atoms with van der Waals surface area (Å²) in [6.45, 7) is 1.38. The zero-order valence-corrected chi connectivity index (χ0v) is 6.26. The Bertz CT molecular complexity index is 141. The third-order valence-electron chi connectivity index (χ3n) is 1.21. The molecule has 0 amide bonds. The first kappa shape index (κ1) is 9.32. The highest BCUT2D eigenvalue weighted by Gasteiger charge is 2.22. The third kappa shape index (κ3) is 2.28. The van der Waals surface area contributed by atoms with E-state index in [2.05, 4.69) is 12.2 Å². The van der Waals surface area contributed by atoms with Gasteiger partial charge >= 0.3 is 5.97 Å². The summed E-state index contributed by atoms with van der Waals surface area (Å²) in [5, 5.41) is 16.5. The molecule has 0 aliphatic heterocycles. The Morgan fingerprint density at radius 2 is 2.00 bits per heavy atom. The summed E-state index contributed by atoms with van der Waals surface area (Å²) in [5.74, 6) is -1.90. The molecule has 0 aromatic rings. The van der Waals surface area contributed by atoms with Gasteiger partial charge < -0.3 is 15.9 Å². The molecule has 0 bridgehead atoms. The van der Waals surface area contributed by atoms with E-state index in [1.165, 1.54) is 6.92 Å². The summed E-state index contributed by atoms with van der Waals surface area (Å²) in [6, 6.07) is -0.951. The van der Waals surface area contributed by atoms with E-state index < -0.39 is 23.0 Å². The maximum atomic E-state index is 10.2. The molecule has 0 aliphatic carbocycles. The van der Waals surface area contributed by atoms with Gasteiger partial charge in [0.25, 0.3) is 0 Å². The summed E-state index contributed by atoms with van der Waals surface area (Å²) in [5.41, 5.74) is 5.19. The second kappa shape index (κ2) is 3.48. The number of carboxylic acid groups (broad SMARTS) is 1. The van der Waals surface area contributed by atoms with E-state index >= 15 is 0 Å². The van der Waals surface area contributed by atoms with Gasteiger partial charge in [0, 0.05) is 0 Å². The van der Waals surface area contributed by atoms with Crippen molar-refractivity contribution < 1.29 is 15.0 Å². The Balaban J connectivity index is 4.07. The van der Waals surface area contributed by atoms with E-state index in [1.807, 2.05) is 0 Å². The van der Waals surface area contributed by atoms with Gasteiger partial charge in [-0.2, -0.15) is 0 Å². The summed E-state index contributed by atoms with van der Waals surface area (Å²) < 4.78 is 0. The third-order valence-corrected chi connectivity index (χ3v) is 1.49. The van der Waals surface area contributed by atoms with Gasteiger partial charge in [-0.05, 0) is 19.1 Å². The summed E-state index contributed by atoms with van der Waals surface area (Å²) >= 11 is 4.28. The fourth-order valence-electron chi connectivity index (χ4n) is 0.367. The number of carboxylic acids is 1. The predicted molar refractivity (Wildman–Crippen MR) is 40.0 cm³/mol. The fraction of sp³-hybridized carbons (Fsp3) is 0.600. The number of hydrogen-bond donors (Lipinski definition) is 3. The quantitative estimate of drug-likeness (QED) is 0.507. The number of carbonyl (C=O) groups is 1. The van der Waals surface area contributed by atoms with Crippen molar-refractivity contribution in [3.63, 3.8) is 0 Å². The van der Waals surface area contributed by atoms with E-state index in [0.717, 1.165) is 0 Å². The van der Waals surface area contributed by atoms with Crippen LogP contribution in [0.2, 0.25) is 0 Å². The van der Waals surface area contributed by atoms with E-state index in [9.17, 15) is 4.79 Å². The van der Waals surface area contributed by atoms with Crippen molar-refractivity contribution in [2.75, 3.05) is 0 Å². The Labute approximate surface area is 63.6 Å². The molecule has 2 atom stereocenters. The van der Waals surface area contributed by atoms with Crippen LogP contribution in [0.15, 0.2) is 0 Å². The van der Waals surface area contributed by atoms with Gasteiger partial charge in [0.05, 0.1) is 12.0 Å². The van der Waals surface area contributed by atoms with E-state index in [4.69, 9.17) is 15.9 Å². The van der Waals surface area contributed by atoms with E-state index in [0.29, 0.717) is 0 Å². The largest absolute Gasteiger partial charge is 0.501 e. The normalized spacial score (nSPS) is 15.8. The number of hydrogen-bond acceptors (Lipinski definition) is 3. The molecule has 10 heavy (non-hydrogen) atoms. The Kier molecular flexibility index (Phi) is 3.24. The average molecular weight is 163 g/mol. The molecule has 4 N–H and O–H groups in total.